The highest BCUT2D eigenvalue weighted by atomic mass is 15.2. The predicted octanol–water partition coefficient (Wildman–Crippen LogP) is 3.40. The summed E-state index contributed by atoms with van der Waals surface area (Å²) in [4.78, 5) is 2.62. The summed E-state index contributed by atoms with van der Waals surface area (Å²) in [7, 11) is 2.32. The van der Waals surface area contributed by atoms with Gasteiger partial charge in [0.05, 0.1) is 0 Å². The number of benzene rings is 1. The number of nitrogens with one attached hydrogen (secondary N) is 1. The zero-order valence-electron chi connectivity index (χ0n) is 12.9. The van der Waals surface area contributed by atoms with E-state index in [1.165, 1.54) is 37.7 Å². The normalized spacial score (nSPS) is 31.4. The first-order chi connectivity index (χ1) is 9.74. The molecule has 3 unspecified atom stereocenters. The van der Waals surface area contributed by atoms with Crippen molar-refractivity contribution >= 4 is 0 Å². The van der Waals surface area contributed by atoms with Crippen LogP contribution in [0.25, 0.3) is 0 Å². The molecule has 0 radical (unpaired) electrons. The van der Waals surface area contributed by atoms with Crippen LogP contribution in [0.15, 0.2) is 30.3 Å². The third-order valence-electron chi connectivity index (χ3n) is 5.48. The summed E-state index contributed by atoms with van der Waals surface area (Å²) in [5.41, 5.74) is 1.47. The Labute approximate surface area is 123 Å². The average Bonchev–Trinajstić information content (AvgIpc) is 2.70. The van der Waals surface area contributed by atoms with E-state index in [1.54, 1.807) is 0 Å². The molecule has 1 aromatic rings. The molecule has 2 saturated heterocycles. The van der Waals surface area contributed by atoms with Gasteiger partial charge in [0.15, 0.2) is 0 Å². The van der Waals surface area contributed by atoms with Crippen LogP contribution in [-0.4, -0.2) is 36.6 Å². The Hall–Kier alpha value is -0.860. The van der Waals surface area contributed by atoms with Crippen LogP contribution in [0.1, 0.15) is 50.5 Å². The second-order valence-corrected chi connectivity index (χ2v) is 6.77. The van der Waals surface area contributed by atoms with E-state index in [9.17, 15) is 0 Å². The molecular formula is C18H28N2. The van der Waals surface area contributed by atoms with Crippen LogP contribution in [-0.2, 0) is 0 Å². The van der Waals surface area contributed by atoms with Crippen molar-refractivity contribution in [2.75, 3.05) is 13.6 Å². The van der Waals surface area contributed by atoms with Gasteiger partial charge in [0.25, 0.3) is 0 Å². The van der Waals surface area contributed by atoms with Crippen LogP contribution >= 0.6 is 0 Å². The average molecular weight is 272 g/mol. The smallest absolute Gasteiger partial charge is 0.0111 e. The lowest BCUT2D eigenvalue weighted by Crippen LogP contribution is -2.47. The van der Waals surface area contributed by atoms with Gasteiger partial charge in [0.1, 0.15) is 0 Å². The molecule has 0 saturated carbocycles. The quantitative estimate of drug-likeness (QED) is 0.884. The lowest BCUT2D eigenvalue weighted by molar-refractivity contribution is 0.148. The van der Waals surface area contributed by atoms with Gasteiger partial charge in [0.2, 0.25) is 0 Å². The maximum atomic E-state index is 3.82. The first-order valence-corrected chi connectivity index (χ1v) is 8.24. The van der Waals surface area contributed by atoms with Gasteiger partial charge in [-0.3, -0.25) is 0 Å². The fourth-order valence-electron chi connectivity index (χ4n) is 4.03. The van der Waals surface area contributed by atoms with Crippen LogP contribution in [0.5, 0.6) is 0 Å². The van der Waals surface area contributed by atoms with Crippen LogP contribution in [0.2, 0.25) is 0 Å². The number of rotatable bonds is 5. The van der Waals surface area contributed by atoms with Crippen LogP contribution in [0.3, 0.4) is 0 Å². The van der Waals surface area contributed by atoms with Gasteiger partial charge in [-0.1, -0.05) is 37.3 Å². The largest absolute Gasteiger partial charge is 0.314 e. The van der Waals surface area contributed by atoms with Crippen molar-refractivity contribution in [2.45, 2.75) is 63.1 Å². The van der Waals surface area contributed by atoms with E-state index in [1.807, 2.05) is 0 Å². The van der Waals surface area contributed by atoms with Gasteiger partial charge < -0.3 is 10.2 Å². The molecule has 0 aromatic heterocycles. The summed E-state index contributed by atoms with van der Waals surface area (Å²) in [6.07, 6.45) is 6.78. The molecular weight excluding hydrogens is 244 g/mol. The molecule has 0 spiro atoms. The van der Waals surface area contributed by atoms with Crippen molar-refractivity contribution in [3.63, 3.8) is 0 Å². The van der Waals surface area contributed by atoms with Crippen LogP contribution < -0.4 is 5.32 Å². The molecule has 1 aromatic carbocycles. The highest BCUT2D eigenvalue weighted by Crippen LogP contribution is 2.34. The molecule has 3 atom stereocenters. The minimum absolute atomic E-state index is 0.659. The van der Waals surface area contributed by atoms with Gasteiger partial charge in [-0.25, -0.2) is 0 Å². The molecule has 2 nitrogen and oxygen atoms in total. The fraction of sp³-hybridized carbons (Fsp3) is 0.667. The van der Waals surface area contributed by atoms with Crippen molar-refractivity contribution in [1.29, 1.82) is 0 Å². The molecule has 2 bridgehead atoms. The van der Waals surface area contributed by atoms with Crippen molar-refractivity contribution in [3.05, 3.63) is 35.9 Å². The SMILES string of the molecule is CC(CCNC1CC2CCC(C1)N2C)c1ccccc1. The van der Waals surface area contributed by atoms with Crippen molar-refractivity contribution < 1.29 is 0 Å². The van der Waals surface area contributed by atoms with Gasteiger partial charge in [-0.2, -0.15) is 0 Å². The van der Waals surface area contributed by atoms with Gasteiger partial charge in [-0.15, -0.1) is 0 Å². The van der Waals surface area contributed by atoms with Crippen LogP contribution in [0.4, 0.5) is 0 Å². The lowest BCUT2D eigenvalue weighted by atomic mass is 9.96. The van der Waals surface area contributed by atoms with E-state index in [0.717, 1.165) is 24.7 Å². The minimum atomic E-state index is 0.659. The second-order valence-electron chi connectivity index (χ2n) is 6.77. The molecule has 20 heavy (non-hydrogen) atoms. The topological polar surface area (TPSA) is 15.3 Å². The highest BCUT2D eigenvalue weighted by molar-refractivity contribution is 5.18. The second kappa shape index (κ2) is 6.28. The lowest BCUT2D eigenvalue weighted by Gasteiger charge is -2.36. The number of nitrogens with zero attached hydrogens (tertiary/aromatic N) is 1. The van der Waals surface area contributed by atoms with E-state index in [4.69, 9.17) is 0 Å². The van der Waals surface area contributed by atoms with E-state index in [2.05, 4.69) is 54.5 Å². The van der Waals surface area contributed by atoms with Gasteiger partial charge >= 0.3 is 0 Å². The third-order valence-corrected chi connectivity index (χ3v) is 5.48. The number of piperidine rings is 1. The molecule has 2 heteroatoms. The molecule has 2 fully saturated rings. The van der Waals surface area contributed by atoms with Gasteiger partial charge in [-0.05, 0) is 57.2 Å². The van der Waals surface area contributed by atoms with Crippen molar-refractivity contribution in [3.8, 4) is 0 Å². The molecule has 0 amide bonds. The summed E-state index contributed by atoms with van der Waals surface area (Å²) >= 11 is 0. The van der Waals surface area contributed by atoms with Crippen LogP contribution in [0, 0.1) is 0 Å². The first-order valence-electron chi connectivity index (χ1n) is 8.24. The van der Waals surface area contributed by atoms with E-state index >= 15 is 0 Å². The molecule has 110 valence electrons. The standard InChI is InChI=1S/C18H28N2/c1-14(15-6-4-3-5-7-15)10-11-19-16-12-17-8-9-18(13-16)20(17)2/h3-7,14,16-19H,8-13H2,1-2H3. The molecule has 3 rings (SSSR count). The van der Waals surface area contributed by atoms with Crippen molar-refractivity contribution in [2.24, 2.45) is 0 Å². The molecule has 2 heterocycles. The summed E-state index contributed by atoms with van der Waals surface area (Å²) < 4.78 is 0. The summed E-state index contributed by atoms with van der Waals surface area (Å²) in [6, 6.07) is 13.3. The minimum Gasteiger partial charge on any atom is -0.314 e. The summed E-state index contributed by atoms with van der Waals surface area (Å²) in [6.45, 7) is 3.50. The zero-order valence-corrected chi connectivity index (χ0v) is 12.9. The Morgan fingerprint density at radius 1 is 1.15 bits per heavy atom. The number of hydrogen-bond donors (Lipinski definition) is 1. The summed E-state index contributed by atoms with van der Waals surface area (Å²) in [5.74, 6) is 0.659. The Morgan fingerprint density at radius 2 is 1.80 bits per heavy atom. The Bertz CT molecular complexity index is 403. The fourth-order valence-corrected chi connectivity index (χ4v) is 4.03. The summed E-state index contributed by atoms with van der Waals surface area (Å²) in [5, 5.41) is 3.82. The van der Waals surface area contributed by atoms with Gasteiger partial charge in [0, 0.05) is 18.1 Å². The number of hydrogen-bond acceptors (Lipinski definition) is 2. The van der Waals surface area contributed by atoms with E-state index in [0.29, 0.717) is 5.92 Å². The molecule has 2 aliphatic rings. The van der Waals surface area contributed by atoms with E-state index < -0.39 is 0 Å². The Balaban J connectivity index is 1.42. The molecule has 2 aliphatic heterocycles. The third kappa shape index (κ3) is 3.07. The molecule has 1 N–H and O–H groups in total. The zero-order chi connectivity index (χ0) is 13.9. The maximum absolute atomic E-state index is 3.82. The monoisotopic (exact) mass is 272 g/mol. The maximum Gasteiger partial charge on any atom is 0.0111 e. The van der Waals surface area contributed by atoms with E-state index in [-0.39, 0.29) is 0 Å². The Morgan fingerprint density at radius 3 is 2.45 bits per heavy atom. The highest BCUT2D eigenvalue weighted by Gasteiger charge is 2.37. The van der Waals surface area contributed by atoms with Crippen molar-refractivity contribution in [1.82, 2.24) is 10.2 Å². The Kier molecular flexibility index (Phi) is 4.42. The molecule has 0 aliphatic carbocycles. The first kappa shape index (κ1) is 14.1. The predicted molar refractivity (Wildman–Crippen MR) is 85.1 cm³/mol. The number of fused-ring (bicyclic) bond motifs is 2.